The zero-order valence-corrected chi connectivity index (χ0v) is 23.7. The van der Waals surface area contributed by atoms with Crippen LogP contribution >= 0.6 is 0 Å². The van der Waals surface area contributed by atoms with Gasteiger partial charge in [0.05, 0.1) is 4.90 Å². The fourth-order valence-corrected chi connectivity index (χ4v) is 6.64. The topological polar surface area (TPSA) is 98.8 Å². The van der Waals surface area contributed by atoms with Gasteiger partial charge >= 0.3 is 0 Å². The van der Waals surface area contributed by atoms with Crippen molar-refractivity contribution in [2.24, 2.45) is 0 Å². The minimum Gasteiger partial charge on any atom is -0.336 e. The number of hydrogen-bond donors (Lipinski definition) is 2. The summed E-state index contributed by atoms with van der Waals surface area (Å²) in [5.41, 5.74) is 4.07. The van der Waals surface area contributed by atoms with Crippen molar-refractivity contribution < 1.29 is 18.0 Å². The quantitative estimate of drug-likeness (QED) is 0.449. The van der Waals surface area contributed by atoms with Crippen molar-refractivity contribution in [1.82, 2.24) is 14.5 Å². The van der Waals surface area contributed by atoms with Crippen LogP contribution in [-0.2, 0) is 21.2 Å². The maximum absolute atomic E-state index is 13.5. The van der Waals surface area contributed by atoms with Crippen LogP contribution in [0.1, 0.15) is 32.6 Å². The fraction of sp³-hybridized carbons (Fsp3) is 0.333. The van der Waals surface area contributed by atoms with E-state index >= 15 is 0 Å². The molecule has 0 radical (unpaired) electrons. The van der Waals surface area contributed by atoms with Gasteiger partial charge in [-0.3, -0.25) is 9.59 Å². The first-order valence-corrected chi connectivity index (χ1v) is 14.5. The summed E-state index contributed by atoms with van der Waals surface area (Å²) >= 11 is 0. The van der Waals surface area contributed by atoms with Crippen molar-refractivity contribution in [3.8, 4) is 0 Å². The Morgan fingerprint density at radius 2 is 1.46 bits per heavy atom. The number of likely N-dealkylation sites (N-methyl/N-ethyl adjacent to an activating group) is 1. The Balaban J connectivity index is 1.53. The predicted molar refractivity (Wildman–Crippen MR) is 153 cm³/mol. The molecule has 39 heavy (non-hydrogen) atoms. The van der Waals surface area contributed by atoms with Crippen LogP contribution in [0.4, 0.5) is 5.69 Å². The molecule has 1 fully saturated rings. The molecule has 0 spiro atoms. The molecule has 1 aliphatic heterocycles. The fourth-order valence-electron chi connectivity index (χ4n) is 4.99. The zero-order chi connectivity index (χ0) is 28.2. The Morgan fingerprint density at radius 3 is 2.05 bits per heavy atom. The highest BCUT2D eigenvalue weighted by Crippen LogP contribution is 2.23. The SMILES string of the molecule is Cc1cc(C)c(S(=O)(=O)N[C@@H](Cc2ccccc2)C(=O)Nc2ccc(C(=O)N3CCN(C)CC3)cc2)c(C)c1. The van der Waals surface area contributed by atoms with Crippen LogP contribution in [-0.4, -0.2) is 69.3 Å². The molecule has 3 aromatic carbocycles. The summed E-state index contributed by atoms with van der Waals surface area (Å²) in [5.74, 6) is -0.525. The summed E-state index contributed by atoms with van der Waals surface area (Å²) in [6.07, 6.45) is 0.176. The van der Waals surface area contributed by atoms with E-state index in [1.807, 2.05) is 61.3 Å². The van der Waals surface area contributed by atoms with Gasteiger partial charge in [-0.05, 0) is 75.2 Å². The van der Waals surface area contributed by atoms with E-state index in [9.17, 15) is 18.0 Å². The first kappa shape index (κ1) is 28.5. The van der Waals surface area contributed by atoms with Crippen molar-refractivity contribution in [3.05, 3.63) is 94.5 Å². The summed E-state index contributed by atoms with van der Waals surface area (Å²) in [6, 6.07) is 18.6. The van der Waals surface area contributed by atoms with Crippen LogP contribution in [0.15, 0.2) is 71.6 Å². The lowest BCUT2D eigenvalue weighted by Gasteiger charge is -2.32. The van der Waals surface area contributed by atoms with E-state index < -0.39 is 22.0 Å². The van der Waals surface area contributed by atoms with E-state index in [4.69, 9.17) is 0 Å². The lowest BCUT2D eigenvalue weighted by Crippen LogP contribution is -2.47. The number of sulfonamides is 1. The van der Waals surface area contributed by atoms with Gasteiger partial charge in [0.2, 0.25) is 15.9 Å². The highest BCUT2D eigenvalue weighted by molar-refractivity contribution is 7.89. The van der Waals surface area contributed by atoms with Crippen molar-refractivity contribution in [2.45, 2.75) is 38.1 Å². The van der Waals surface area contributed by atoms with Gasteiger partial charge in [-0.25, -0.2) is 8.42 Å². The molecule has 0 aliphatic carbocycles. The van der Waals surface area contributed by atoms with Gasteiger partial charge in [-0.2, -0.15) is 4.72 Å². The molecule has 1 saturated heterocycles. The number of nitrogens with zero attached hydrogens (tertiary/aromatic N) is 2. The van der Waals surface area contributed by atoms with Crippen LogP contribution in [0.3, 0.4) is 0 Å². The average molecular weight is 549 g/mol. The molecule has 2 N–H and O–H groups in total. The summed E-state index contributed by atoms with van der Waals surface area (Å²) in [7, 11) is -1.96. The van der Waals surface area contributed by atoms with Gasteiger partial charge in [0.25, 0.3) is 5.91 Å². The number of amides is 2. The van der Waals surface area contributed by atoms with E-state index in [1.54, 1.807) is 38.1 Å². The molecule has 1 heterocycles. The lowest BCUT2D eigenvalue weighted by molar-refractivity contribution is -0.117. The highest BCUT2D eigenvalue weighted by atomic mass is 32.2. The maximum Gasteiger partial charge on any atom is 0.253 e. The Hall–Kier alpha value is -3.53. The monoisotopic (exact) mass is 548 g/mol. The molecule has 1 aliphatic rings. The van der Waals surface area contributed by atoms with Gasteiger partial charge in [-0.15, -0.1) is 0 Å². The molecule has 4 rings (SSSR count). The van der Waals surface area contributed by atoms with Crippen molar-refractivity contribution in [1.29, 1.82) is 0 Å². The van der Waals surface area contributed by atoms with E-state index in [1.165, 1.54) is 0 Å². The van der Waals surface area contributed by atoms with Crippen LogP contribution < -0.4 is 10.0 Å². The molecular formula is C30H36N4O4S. The molecule has 1 atom stereocenters. The molecular weight excluding hydrogens is 512 g/mol. The Labute approximate surface area is 231 Å². The summed E-state index contributed by atoms with van der Waals surface area (Å²) in [6.45, 7) is 8.45. The molecule has 206 valence electrons. The smallest absolute Gasteiger partial charge is 0.253 e. The predicted octanol–water partition coefficient (Wildman–Crippen LogP) is 3.53. The number of aryl methyl sites for hydroxylation is 3. The Kier molecular flexibility index (Phi) is 8.84. The largest absolute Gasteiger partial charge is 0.336 e. The second kappa shape index (κ2) is 12.1. The summed E-state index contributed by atoms with van der Waals surface area (Å²) in [4.78, 5) is 30.5. The van der Waals surface area contributed by atoms with Crippen LogP contribution in [0.5, 0.6) is 0 Å². The molecule has 9 heteroatoms. The molecule has 2 amide bonds. The maximum atomic E-state index is 13.5. The van der Waals surface area contributed by atoms with Gasteiger partial charge in [0.15, 0.2) is 0 Å². The molecule has 0 unspecified atom stereocenters. The molecule has 3 aromatic rings. The van der Waals surface area contributed by atoms with Gasteiger partial charge in [0, 0.05) is 37.4 Å². The summed E-state index contributed by atoms with van der Waals surface area (Å²) in [5, 5.41) is 2.83. The van der Waals surface area contributed by atoms with E-state index in [0.29, 0.717) is 35.5 Å². The highest BCUT2D eigenvalue weighted by Gasteiger charge is 2.29. The van der Waals surface area contributed by atoms with E-state index in [0.717, 1.165) is 24.2 Å². The number of hydrogen-bond acceptors (Lipinski definition) is 5. The number of nitrogens with one attached hydrogen (secondary N) is 2. The Bertz CT molecular complexity index is 1410. The van der Waals surface area contributed by atoms with Crippen molar-refractivity contribution in [2.75, 3.05) is 38.5 Å². The molecule has 0 aromatic heterocycles. The third-order valence-corrected chi connectivity index (χ3v) is 8.74. The first-order chi connectivity index (χ1) is 18.5. The van der Waals surface area contributed by atoms with Gasteiger partial charge in [-0.1, -0.05) is 48.0 Å². The summed E-state index contributed by atoms with van der Waals surface area (Å²) < 4.78 is 29.6. The molecule has 0 bridgehead atoms. The first-order valence-electron chi connectivity index (χ1n) is 13.1. The number of carbonyl (C=O) groups excluding carboxylic acids is 2. The van der Waals surface area contributed by atoms with Crippen molar-refractivity contribution in [3.63, 3.8) is 0 Å². The van der Waals surface area contributed by atoms with E-state index in [2.05, 4.69) is 14.9 Å². The van der Waals surface area contributed by atoms with E-state index in [-0.39, 0.29) is 17.2 Å². The zero-order valence-electron chi connectivity index (χ0n) is 22.9. The number of carbonyl (C=O) groups is 2. The minimum absolute atomic E-state index is 0.0421. The second-order valence-corrected chi connectivity index (χ2v) is 11.9. The van der Waals surface area contributed by atoms with Crippen LogP contribution in [0, 0.1) is 20.8 Å². The molecule has 8 nitrogen and oxygen atoms in total. The number of piperazine rings is 1. The van der Waals surface area contributed by atoms with Crippen LogP contribution in [0.25, 0.3) is 0 Å². The normalized spacial score (nSPS) is 15.1. The lowest BCUT2D eigenvalue weighted by atomic mass is 10.1. The number of benzene rings is 3. The Morgan fingerprint density at radius 1 is 0.872 bits per heavy atom. The minimum atomic E-state index is -3.99. The average Bonchev–Trinajstić information content (AvgIpc) is 2.88. The third-order valence-electron chi connectivity index (χ3n) is 6.96. The number of rotatable bonds is 8. The van der Waals surface area contributed by atoms with Crippen molar-refractivity contribution >= 4 is 27.5 Å². The van der Waals surface area contributed by atoms with Crippen LogP contribution in [0.2, 0.25) is 0 Å². The molecule has 0 saturated carbocycles. The number of anilines is 1. The third kappa shape index (κ3) is 7.11. The standard InChI is InChI=1S/C30H36N4O4S/c1-21-18-22(2)28(23(3)19-21)39(37,38)32-27(20-24-8-6-5-7-9-24)29(35)31-26-12-10-25(11-13-26)30(36)34-16-14-33(4)15-17-34/h5-13,18-19,27,32H,14-17,20H2,1-4H3,(H,31,35)/t27-/m0/s1. The second-order valence-electron chi connectivity index (χ2n) is 10.3. The van der Waals surface area contributed by atoms with Gasteiger partial charge in [0.1, 0.15) is 6.04 Å². The van der Waals surface area contributed by atoms with Gasteiger partial charge < -0.3 is 15.1 Å².